The molecule has 1 unspecified atom stereocenters. The molecule has 0 aliphatic rings. The first-order chi connectivity index (χ1) is 11.6. The van der Waals surface area contributed by atoms with E-state index in [9.17, 15) is 4.79 Å². The molecule has 2 rings (SSSR count). The lowest BCUT2D eigenvalue weighted by molar-refractivity contribution is -0.123. The normalized spacial score (nSPS) is 11.8. The predicted molar refractivity (Wildman–Crippen MR) is 95.1 cm³/mol. The van der Waals surface area contributed by atoms with Crippen LogP contribution in [0.3, 0.4) is 0 Å². The third kappa shape index (κ3) is 5.39. The first-order valence-electron chi connectivity index (χ1n) is 8.25. The standard InChI is InChI=1S/C20H25NO3/c1-15-10-11-18(13-16(15)2)24-14-20(23)21-19(9-6-12-22)17-7-4-3-5-8-17/h3-5,7-8,10-11,13,19,22H,6,9,12,14H2,1-2H3,(H,21,23). The van der Waals surface area contributed by atoms with Crippen LogP contribution in [0.15, 0.2) is 48.5 Å². The summed E-state index contributed by atoms with van der Waals surface area (Å²) >= 11 is 0. The van der Waals surface area contributed by atoms with E-state index in [1.165, 1.54) is 5.56 Å². The zero-order valence-electron chi connectivity index (χ0n) is 14.3. The molecule has 0 aliphatic carbocycles. The van der Waals surface area contributed by atoms with Crippen molar-refractivity contribution in [2.75, 3.05) is 13.2 Å². The number of hydrogen-bond donors (Lipinski definition) is 2. The number of aryl methyl sites for hydroxylation is 2. The van der Waals surface area contributed by atoms with Gasteiger partial charge in [-0.15, -0.1) is 0 Å². The summed E-state index contributed by atoms with van der Waals surface area (Å²) < 4.78 is 5.58. The fourth-order valence-corrected chi connectivity index (χ4v) is 2.49. The molecule has 0 fully saturated rings. The number of benzene rings is 2. The van der Waals surface area contributed by atoms with Crippen LogP contribution < -0.4 is 10.1 Å². The summed E-state index contributed by atoms with van der Waals surface area (Å²) in [5.41, 5.74) is 3.36. The van der Waals surface area contributed by atoms with Crippen molar-refractivity contribution in [2.45, 2.75) is 32.7 Å². The molecule has 0 radical (unpaired) electrons. The molecule has 1 amide bonds. The Morgan fingerprint density at radius 3 is 2.54 bits per heavy atom. The summed E-state index contributed by atoms with van der Waals surface area (Å²) in [7, 11) is 0. The molecule has 2 N–H and O–H groups in total. The van der Waals surface area contributed by atoms with Crippen molar-refractivity contribution in [1.29, 1.82) is 0 Å². The summed E-state index contributed by atoms with van der Waals surface area (Å²) in [4.78, 5) is 12.2. The molecule has 4 heteroatoms. The van der Waals surface area contributed by atoms with Gasteiger partial charge in [0.2, 0.25) is 0 Å². The van der Waals surface area contributed by atoms with Crippen LogP contribution in [0.2, 0.25) is 0 Å². The Bertz CT molecular complexity index is 655. The van der Waals surface area contributed by atoms with E-state index in [0.29, 0.717) is 18.6 Å². The SMILES string of the molecule is Cc1ccc(OCC(=O)NC(CCCO)c2ccccc2)cc1C. The van der Waals surface area contributed by atoms with Gasteiger partial charge >= 0.3 is 0 Å². The quantitative estimate of drug-likeness (QED) is 0.782. The highest BCUT2D eigenvalue weighted by Gasteiger charge is 2.14. The largest absolute Gasteiger partial charge is 0.484 e. The van der Waals surface area contributed by atoms with Crippen molar-refractivity contribution in [3.63, 3.8) is 0 Å². The van der Waals surface area contributed by atoms with E-state index < -0.39 is 0 Å². The Morgan fingerprint density at radius 1 is 1.12 bits per heavy atom. The smallest absolute Gasteiger partial charge is 0.258 e. The van der Waals surface area contributed by atoms with Gasteiger partial charge in [0.05, 0.1) is 6.04 Å². The maximum atomic E-state index is 12.2. The molecule has 0 bridgehead atoms. The van der Waals surface area contributed by atoms with Crippen LogP contribution in [0.5, 0.6) is 5.75 Å². The van der Waals surface area contributed by atoms with Crippen LogP contribution in [-0.2, 0) is 4.79 Å². The zero-order valence-corrected chi connectivity index (χ0v) is 14.3. The van der Waals surface area contributed by atoms with Gasteiger partial charge in [-0.3, -0.25) is 4.79 Å². The maximum Gasteiger partial charge on any atom is 0.258 e. The average molecular weight is 327 g/mol. The van der Waals surface area contributed by atoms with Crippen LogP contribution in [0, 0.1) is 13.8 Å². The van der Waals surface area contributed by atoms with E-state index in [1.807, 2.05) is 62.4 Å². The average Bonchev–Trinajstić information content (AvgIpc) is 2.60. The van der Waals surface area contributed by atoms with E-state index in [1.54, 1.807) is 0 Å². The molecule has 24 heavy (non-hydrogen) atoms. The van der Waals surface area contributed by atoms with Gasteiger partial charge in [0.25, 0.3) is 5.91 Å². The van der Waals surface area contributed by atoms with E-state index >= 15 is 0 Å². The van der Waals surface area contributed by atoms with E-state index in [0.717, 1.165) is 11.1 Å². The molecule has 2 aromatic carbocycles. The highest BCUT2D eigenvalue weighted by Crippen LogP contribution is 2.19. The number of carbonyl (C=O) groups is 1. The van der Waals surface area contributed by atoms with Gasteiger partial charge in [0.15, 0.2) is 6.61 Å². The molecule has 0 saturated heterocycles. The molecule has 128 valence electrons. The predicted octanol–water partition coefficient (Wildman–Crippen LogP) is 3.31. The van der Waals surface area contributed by atoms with Crippen molar-refractivity contribution in [1.82, 2.24) is 5.32 Å². The van der Waals surface area contributed by atoms with Gasteiger partial charge in [0, 0.05) is 6.61 Å². The van der Waals surface area contributed by atoms with Crippen LogP contribution in [-0.4, -0.2) is 24.2 Å². The summed E-state index contributed by atoms with van der Waals surface area (Å²) in [6.07, 6.45) is 1.33. The van der Waals surface area contributed by atoms with Crippen molar-refractivity contribution >= 4 is 5.91 Å². The number of rotatable bonds is 8. The first kappa shape index (κ1) is 18.0. The van der Waals surface area contributed by atoms with Gasteiger partial charge in [-0.1, -0.05) is 36.4 Å². The topological polar surface area (TPSA) is 58.6 Å². The second-order valence-corrected chi connectivity index (χ2v) is 5.93. The van der Waals surface area contributed by atoms with Gasteiger partial charge in [0.1, 0.15) is 5.75 Å². The fourth-order valence-electron chi connectivity index (χ4n) is 2.49. The molecule has 0 spiro atoms. The van der Waals surface area contributed by atoms with Crippen LogP contribution in [0.25, 0.3) is 0 Å². The molecule has 4 nitrogen and oxygen atoms in total. The highest BCUT2D eigenvalue weighted by atomic mass is 16.5. The molecular weight excluding hydrogens is 302 g/mol. The molecular formula is C20H25NO3. The Kier molecular flexibility index (Phi) is 6.82. The second kappa shape index (κ2) is 9.08. The number of aliphatic hydroxyl groups excluding tert-OH is 1. The number of amides is 1. The van der Waals surface area contributed by atoms with Crippen LogP contribution in [0.1, 0.15) is 35.6 Å². The van der Waals surface area contributed by atoms with Crippen LogP contribution in [0.4, 0.5) is 0 Å². The minimum absolute atomic E-state index is 0.0229. The number of ether oxygens (including phenoxy) is 1. The molecule has 2 aromatic rings. The molecule has 1 atom stereocenters. The lowest BCUT2D eigenvalue weighted by Gasteiger charge is -2.19. The Labute approximate surface area is 143 Å². The Morgan fingerprint density at radius 2 is 1.88 bits per heavy atom. The summed E-state index contributed by atoms with van der Waals surface area (Å²) in [5, 5.41) is 12.0. The van der Waals surface area contributed by atoms with E-state index in [4.69, 9.17) is 9.84 Å². The van der Waals surface area contributed by atoms with E-state index in [2.05, 4.69) is 5.32 Å². The van der Waals surface area contributed by atoms with E-state index in [-0.39, 0.29) is 25.2 Å². The fraction of sp³-hybridized carbons (Fsp3) is 0.350. The Hall–Kier alpha value is -2.33. The molecule has 0 aromatic heterocycles. The zero-order chi connectivity index (χ0) is 17.4. The molecule has 0 saturated carbocycles. The maximum absolute atomic E-state index is 12.2. The minimum Gasteiger partial charge on any atom is -0.484 e. The lowest BCUT2D eigenvalue weighted by Crippen LogP contribution is -2.32. The summed E-state index contributed by atoms with van der Waals surface area (Å²) in [6.45, 7) is 4.14. The second-order valence-electron chi connectivity index (χ2n) is 5.93. The highest BCUT2D eigenvalue weighted by molar-refractivity contribution is 5.78. The number of aliphatic hydroxyl groups is 1. The van der Waals surface area contributed by atoms with Gasteiger partial charge < -0.3 is 15.2 Å². The number of carbonyl (C=O) groups excluding carboxylic acids is 1. The van der Waals surface area contributed by atoms with Gasteiger partial charge in [-0.2, -0.15) is 0 Å². The first-order valence-corrected chi connectivity index (χ1v) is 8.25. The van der Waals surface area contributed by atoms with Crippen LogP contribution >= 0.6 is 0 Å². The van der Waals surface area contributed by atoms with Crippen molar-refractivity contribution in [3.8, 4) is 5.75 Å². The van der Waals surface area contributed by atoms with Crippen molar-refractivity contribution in [2.24, 2.45) is 0 Å². The number of nitrogens with one attached hydrogen (secondary N) is 1. The lowest BCUT2D eigenvalue weighted by atomic mass is 10.0. The van der Waals surface area contributed by atoms with Crippen molar-refractivity contribution < 1.29 is 14.6 Å². The third-order valence-electron chi connectivity index (χ3n) is 4.04. The number of hydrogen-bond acceptors (Lipinski definition) is 3. The van der Waals surface area contributed by atoms with Gasteiger partial charge in [-0.05, 0) is 55.5 Å². The third-order valence-corrected chi connectivity index (χ3v) is 4.04. The Balaban J connectivity index is 1.93. The summed E-state index contributed by atoms with van der Waals surface area (Å²) in [6, 6.07) is 15.5. The van der Waals surface area contributed by atoms with Gasteiger partial charge in [-0.25, -0.2) is 0 Å². The molecule has 0 heterocycles. The summed E-state index contributed by atoms with van der Waals surface area (Å²) in [5.74, 6) is 0.528. The minimum atomic E-state index is -0.167. The molecule has 0 aliphatic heterocycles. The monoisotopic (exact) mass is 327 g/mol. The van der Waals surface area contributed by atoms with Crippen molar-refractivity contribution in [3.05, 3.63) is 65.2 Å².